The van der Waals surface area contributed by atoms with E-state index in [1.165, 1.54) is 0 Å². The first-order chi connectivity index (χ1) is 14.3. The molecule has 0 saturated heterocycles. The summed E-state index contributed by atoms with van der Waals surface area (Å²) in [5.41, 5.74) is 1.04. The maximum Gasteiger partial charge on any atom is 0.294 e. The summed E-state index contributed by atoms with van der Waals surface area (Å²) in [5, 5.41) is 25.1. The van der Waals surface area contributed by atoms with Crippen LogP contribution in [0.5, 0.6) is 5.75 Å². The standard InChI is InChI=1S/C14H21ClN2O3S.C5H9NO3/c1-10-2-3-12(15)13(6-10)20-8-11(18)7-16-4-5-17-14(19)9-21;7-6(8)9-5-3-1-2-4-5/h2-3,6,11,16,18,21H,4-5,7-9H2,1H3,(H,17,19);5H,1-4H2. The predicted octanol–water partition coefficient (Wildman–Crippen LogP) is 2.16. The van der Waals surface area contributed by atoms with Gasteiger partial charge in [-0.15, -0.1) is 10.1 Å². The van der Waals surface area contributed by atoms with Crippen molar-refractivity contribution in [1.82, 2.24) is 10.6 Å². The zero-order chi connectivity index (χ0) is 22.4. The number of ether oxygens (including phenoxy) is 1. The molecule has 0 radical (unpaired) electrons. The van der Waals surface area contributed by atoms with Crippen molar-refractivity contribution in [1.29, 1.82) is 0 Å². The molecular weight excluding hydrogens is 434 g/mol. The molecule has 1 aliphatic rings. The molecule has 9 nitrogen and oxygen atoms in total. The molecule has 3 N–H and O–H groups in total. The molecule has 1 fully saturated rings. The molecule has 1 saturated carbocycles. The minimum Gasteiger partial charge on any atom is -0.489 e. The number of carbonyl (C=O) groups excluding carboxylic acids is 1. The molecule has 2 rings (SSSR count). The van der Waals surface area contributed by atoms with Gasteiger partial charge in [-0.3, -0.25) is 4.79 Å². The first-order valence-electron chi connectivity index (χ1n) is 9.78. The topological polar surface area (TPSA) is 123 Å². The number of nitrogens with one attached hydrogen (secondary N) is 2. The van der Waals surface area contributed by atoms with Crippen LogP contribution in [0.1, 0.15) is 31.2 Å². The van der Waals surface area contributed by atoms with Gasteiger partial charge in [-0.1, -0.05) is 30.5 Å². The summed E-state index contributed by atoms with van der Waals surface area (Å²) >= 11 is 9.85. The molecule has 0 spiro atoms. The summed E-state index contributed by atoms with van der Waals surface area (Å²) in [5.74, 6) is 0.628. The molecular formula is C19H30ClN3O6S. The van der Waals surface area contributed by atoms with Crippen LogP contribution in [0.4, 0.5) is 0 Å². The first-order valence-corrected chi connectivity index (χ1v) is 10.8. The van der Waals surface area contributed by atoms with Gasteiger partial charge < -0.3 is 25.3 Å². The number of carbonyl (C=O) groups is 1. The van der Waals surface area contributed by atoms with Crippen LogP contribution in [0.2, 0.25) is 5.02 Å². The molecule has 0 aromatic heterocycles. The number of hydrogen-bond donors (Lipinski definition) is 4. The lowest BCUT2D eigenvalue weighted by atomic mass is 10.2. The van der Waals surface area contributed by atoms with Crippen molar-refractivity contribution in [2.75, 3.05) is 32.0 Å². The summed E-state index contributed by atoms with van der Waals surface area (Å²) in [6.45, 7) is 3.54. The summed E-state index contributed by atoms with van der Waals surface area (Å²) in [7, 11) is 0. The van der Waals surface area contributed by atoms with Gasteiger partial charge in [0.1, 0.15) is 24.6 Å². The number of thiol groups is 1. The second kappa shape index (κ2) is 15.1. The van der Waals surface area contributed by atoms with E-state index in [0.29, 0.717) is 30.4 Å². The van der Waals surface area contributed by atoms with Gasteiger partial charge in [0.15, 0.2) is 0 Å². The van der Waals surface area contributed by atoms with Crippen molar-refractivity contribution in [3.8, 4) is 5.75 Å². The van der Waals surface area contributed by atoms with E-state index in [0.717, 1.165) is 31.2 Å². The quantitative estimate of drug-likeness (QED) is 0.171. The van der Waals surface area contributed by atoms with Crippen molar-refractivity contribution in [2.24, 2.45) is 0 Å². The average molecular weight is 464 g/mol. The Morgan fingerprint density at radius 1 is 1.40 bits per heavy atom. The Morgan fingerprint density at radius 2 is 2.10 bits per heavy atom. The Kier molecular flexibility index (Phi) is 13.2. The van der Waals surface area contributed by atoms with Crippen LogP contribution in [-0.2, 0) is 9.63 Å². The van der Waals surface area contributed by atoms with E-state index in [1.54, 1.807) is 6.07 Å². The Morgan fingerprint density at radius 3 is 2.73 bits per heavy atom. The highest BCUT2D eigenvalue weighted by Gasteiger charge is 2.17. The zero-order valence-electron chi connectivity index (χ0n) is 17.0. The molecule has 0 aliphatic heterocycles. The number of aryl methyl sites for hydroxylation is 1. The van der Waals surface area contributed by atoms with Gasteiger partial charge in [0.25, 0.3) is 5.09 Å². The highest BCUT2D eigenvalue weighted by atomic mass is 35.5. The van der Waals surface area contributed by atoms with Crippen molar-refractivity contribution in [3.05, 3.63) is 38.9 Å². The van der Waals surface area contributed by atoms with E-state index >= 15 is 0 Å². The smallest absolute Gasteiger partial charge is 0.294 e. The van der Waals surface area contributed by atoms with Crippen LogP contribution in [-0.4, -0.2) is 60.3 Å². The zero-order valence-corrected chi connectivity index (χ0v) is 18.7. The Balaban J connectivity index is 0.000000414. The van der Waals surface area contributed by atoms with Gasteiger partial charge in [0.05, 0.1) is 10.8 Å². The molecule has 0 heterocycles. The van der Waals surface area contributed by atoms with Gasteiger partial charge in [-0.05, 0) is 37.5 Å². The molecule has 1 aliphatic carbocycles. The van der Waals surface area contributed by atoms with Gasteiger partial charge in [0.2, 0.25) is 5.91 Å². The third kappa shape index (κ3) is 12.1. The fraction of sp³-hybridized carbons (Fsp3) is 0.632. The van der Waals surface area contributed by atoms with Crippen LogP contribution < -0.4 is 15.4 Å². The Hall–Kier alpha value is -1.75. The summed E-state index contributed by atoms with van der Waals surface area (Å²) < 4.78 is 5.49. The highest BCUT2D eigenvalue weighted by molar-refractivity contribution is 7.81. The number of amides is 1. The van der Waals surface area contributed by atoms with E-state index in [-0.39, 0.29) is 24.4 Å². The van der Waals surface area contributed by atoms with Gasteiger partial charge in [-0.25, -0.2) is 0 Å². The number of nitrogens with zero attached hydrogens (tertiary/aromatic N) is 1. The highest BCUT2D eigenvalue weighted by Crippen LogP contribution is 2.25. The minimum absolute atomic E-state index is 0.111. The Bertz CT molecular complexity index is 661. The molecule has 170 valence electrons. The fourth-order valence-corrected chi connectivity index (χ4v) is 2.98. The SMILES string of the molecule is Cc1ccc(Cl)c(OCC(O)CNCCNC(=O)CS)c1.O=[N+]([O-])OC1CCCC1. The van der Waals surface area contributed by atoms with E-state index in [1.807, 2.05) is 19.1 Å². The van der Waals surface area contributed by atoms with Gasteiger partial charge in [0, 0.05) is 19.6 Å². The summed E-state index contributed by atoms with van der Waals surface area (Å²) in [4.78, 5) is 25.0. The summed E-state index contributed by atoms with van der Waals surface area (Å²) in [6, 6.07) is 5.49. The molecule has 1 aromatic rings. The maximum absolute atomic E-state index is 10.9. The number of hydrogen-bond acceptors (Lipinski definition) is 8. The second-order valence-corrected chi connectivity index (χ2v) is 7.57. The maximum atomic E-state index is 10.9. The molecule has 30 heavy (non-hydrogen) atoms. The van der Waals surface area contributed by atoms with Crippen LogP contribution in [0.15, 0.2) is 18.2 Å². The van der Waals surface area contributed by atoms with Crippen LogP contribution in [0.25, 0.3) is 0 Å². The third-order valence-corrected chi connectivity index (χ3v) is 4.80. The molecule has 11 heteroatoms. The molecule has 1 aromatic carbocycles. The van der Waals surface area contributed by atoms with Crippen molar-refractivity contribution < 1.29 is 24.6 Å². The largest absolute Gasteiger partial charge is 0.489 e. The van der Waals surface area contributed by atoms with Crippen molar-refractivity contribution >= 4 is 30.1 Å². The van der Waals surface area contributed by atoms with E-state index in [2.05, 4.69) is 28.1 Å². The lowest BCUT2D eigenvalue weighted by Crippen LogP contribution is -2.37. The molecule has 1 atom stereocenters. The number of aliphatic hydroxyl groups excluding tert-OH is 1. The lowest BCUT2D eigenvalue weighted by molar-refractivity contribution is -0.768. The van der Waals surface area contributed by atoms with Gasteiger partial charge >= 0.3 is 0 Å². The number of rotatable bonds is 11. The molecule has 1 unspecified atom stereocenters. The van der Waals surface area contributed by atoms with Crippen LogP contribution >= 0.6 is 24.2 Å². The number of halogens is 1. The van der Waals surface area contributed by atoms with Crippen molar-refractivity contribution in [3.63, 3.8) is 0 Å². The Labute approximate surface area is 187 Å². The van der Waals surface area contributed by atoms with E-state index in [4.69, 9.17) is 16.3 Å². The van der Waals surface area contributed by atoms with E-state index in [9.17, 15) is 20.0 Å². The monoisotopic (exact) mass is 463 g/mol. The van der Waals surface area contributed by atoms with Gasteiger partial charge in [-0.2, -0.15) is 12.6 Å². The minimum atomic E-state index is -0.698. The lowest BCUT2D eigenvalue weighted by Gasteiger charge is -2.14. The molecule has 1 amide bonds. The third-order valence-electron chi connectivity index (χ3n) is 4.20. The first kappa shape index (κ1) is 26.3. The van der Waals surface area contributed by atoms with Crippen LogP contribution in [0.3, 0.4) is 0 Å². The normalized spacial score (nSPS) is 14.4. The summed E-state index contributed by atoms with van der Waals surface area (Å²) in [6.07, 6.45) is 3.07. The number of benzene rings is 1. The molecule has 0 bridgehead atoms. The number of aliphatic hydroxyl groups is 1. The fourth-order valence-electron chi connectivity index (χ4n) is 2.70. The predicted molar refractivity (Wildman–Crippen MR) is 118 cm³/mol. The van der Waals surface area contributed by atoms with Crippen molar-refractivity contribution in [2.45, 2.75) is 44.8 Å². The average Bonchev–Trinajstić information content (AvgIpc) is 3.21. The van der Waals surface area contributed by atoms with Crippen LogP contribution in [0, 0.1) is 17.0 Å². The van der Waals surface area contributed by atoms with E-state index < -0.39 is 11.2 Å². The second-order valence-electron chi connectivity index (χ2n) is 6.85.